The minimum Gasteiger partial charge on any atom is -0.292 e. The van der Waals surface area contributed by atoms with Crippen LogP contribution < -0.4 is 0 Å². The molecule has 3 heterocycles. The standard InChI is InChI=1S/C42H34FN3S/c1-25(2)34-23-29(27-11-6-5-7-12-27)24-35(26(3)4)39(34)46-38-16-9-8-15-37(38)44-41(46)33-14-10-13-31-32-21-22-36(45-42(32)47-40(31)33)28-17-19-30(43)20-18-28/h5-26H,1-4H3. The van der Waals surface area contributed by atoms with E-state index in [0.717, 1.165) is 54.0 Å². The fraction of sp³-hybridized carbons (Fsp3) is 0.143. The van der Waals surface area contributed by atoms with E-state index in [1.54, 1.807) is 23.5 Å². The van der Waals surface area contributed by atoms with Crippen LogP contribution in [0.5, 0.6) is 0 Å². The van der Waals surface area contributed by atoms with Crippen molar-refractivity contribution in [3.05, 3.63) is 138 Å². The third kappa shape index (κ3) is 5.02. The van der Waals surface area contributed by atoms with Crippen LogP contribution in [0, 0.1) is 5.82 Å². The number of hydrogen-bond donors (Lipinski definition) is 0. The predicted octanol–water partition coefficient (Wildman–Crippen LogP) is 12.2. The van der Waals surface area contributed by atoms with Crippen molar-refractivity contribution in [2.45, 2.75) is 39.5 Å². The average molecular weight is 632 g/mol. The lowest BCUT2D eigenvalue weighted by molar-refractivity contribution is 0.628. The van der Waals surface area contributed by atoms with Crippen LogP contribution in [0.25, 0.3) is 70.8 Å². The maximum atomic E-state index is 13.6. The molecule has 8 rings (SSSR count). The number of benzene rings is 5. The van der Waals surface area contributed by atoms with Gasteiger partial charge in [-0.2, -0.15) is 0 Å². The van der Waals surface area contributed by atoms with Crippen molar-refractivity contribution in [1.82, 2.24) is 14.5 Å². The molecule has 230 valence electrons. The highest BCUT2D eigenvalue weighted by Gasteiger charge is 2.25. The number of pyridine rings is 1. The Bertz CT molecular complexity index is 2390. The van der Waals surface area contributed by atoms with Gasteiger partial charge >= 0.3 is 0 Å². The van der Waals surface area contributed by atoms with Gasteiger partial charge in [0.05, 0.1) is 22.4 Å². The number of imidazole rings is 1. The van der Waals surface area contributed by atoms with Gasteiger partial charge in [-0.25, -0.2) is 14.4 Å². The van der Waals surface area contributed by atoms with Gasteiger partial charge in [0.15, 0.2) is 0 Å². The van der Waals surface area contributed by atoms with Crippen molar-refractivity contribution < 1.29 is 4.39 Å². The molecular formula is C42H34FN3S. The molecular weight excluding hydrogens is 598 g/mol. The number of para-hydroxylation sites is 2. The molecule has 0 atom stereocenters. The number of nitrogens with zero attached hydrogens (tertiary/aromatic N) is 3. The van der Waals surface area contributed by atoms with E-state index >= 15 is 0 Å². The number of fused-ring (bicyclic) bond motifs is 4. The molecule has 0 aliphatic rings. The van der Waals surface area contributed by atoms with Crippen molar-refractivity contribution in [3.8, 4) is 39.5 Å². The summed E-state index contributed by atoms with van der Waals surface area (Å²) in [6, 6.07) is 41.1. The van der Waals surface area contributed by atoms with E-state index in [-0.39, 0.29) is 17.7 Å². The van der Waals surface area contributed by atoms with Crippen molar-refractivity contribution in [1.29, 1.82) is 0 Å². The summed E-state index contributed by atoms with van der Waals surface area (Å²) >= 11 is 1.69. The average Bonchev–Trinajstić information content (AvgIpc) is 3.66. The van der Waals surface area contributed by atoms with E-state index in [1.807, 2.05) is 6.07 Å². The Kier molecular flexibility index (Phi) is 7.22. The molecule has 5 heteroatoms. The largest absolute Gasteiger partial charge is 0.292 e. The highest BCUT2D eigenvalue weighted by atomic mass is 32.1. The molecule has 3 nitrogen and oxygen atoms in total. The van der Waals surface area contributed by atoms with Gasteiger partial charge < -0.3 is 0 Å². The van der Waals surface area contributed by atoms with Crippen molar-refractivity contribution >= 4 is 42.7 Å². The van der Waals surface area contributed by atoms with Gasteiger partial charge in [-0.15, -0.1) is 11.3 Å². The third-order valence-electron chi connectivity index (χ3n) is 9.05. The smallest absolute Gasteiger partial charge is 0.147 e. The molecule has 0 N–H and O–H groups in total. The normalized spacial score (nSPS) is 11.9. The van der Waals surface area contributed by atoms with E-state index in [0.29, 0.717) is 0 Å². The first-order valence-corrected chi connectivity index (χ1v) is 17.0. The Hall–Kier alpha value is -5.13. The minimum absolute atomic E-state index is 0.250. The highest BCUT2D eigenvalue weighted by Crippen LogP contribution is 2.44. The second kappa shape index (κ2) is 11.6. The van der Waals surface area contributed by atoms with E-state index in [1.165, 1.54) is 40.1 Å². The monoisotopic (exact) mass is 631 g/mol. The number of thiophene rings is 1. The highest BCUT2D eigenvalue weighted by molar-refractivity contribution is 7.26. The second-order valence-corrected chi connectivity index (χ2v) is 13.8. The third-order valence-corrected chi connectivity index (χ3v) is 10.2. The van der Waals surface area contributed by atoms with E-state index in [4.69, 9.17) is 9.97 Å². The minimum atomic E-state index is -0.250. The van der Waals surface area contributed by atoms with Crippen molar-refractivity contribution in [2.24, 2.45) is 0 Å². The lowest BCUT2D eigenvalue weighted by atomic mass is 9.88. The zero-order valence-corrected chi connectivity index (χ0v) is 27.6. The maximum absolute atomic E-state index is 13.6. The van der Waals surface area contributed by atoms with Crippen LogP contribution in [0.2, 0.25) is 0 Å². The molecule has 0 unspecified atom stereocenters. The summed E-state index contributed by atoms with van der Waals surface area (Å²) in [5, 5.41) is 2.27. The Morgan fingerprint density at radius 2 is 1.32 bits per heavy atom. The van der Waals surface area contributed by atoms with Gasteiger partial charge in [0, 0.05) is 26.6 Å². The fourth-order valence-corrected chi connectivity index (χ4v) is 7.87. The maximum Gasteiger partial charge on any atom is 0.147 e. The van der Waals surface area contributed by atoms with E-state index in [9.17, 15) is 4.39 Å². The van der Waals surface area contributed by atoms with Crippen LogP contribution in [0.1, 0.15) is 50.7 Å². The van der Waals surface area contributed by atoms with Gasteiger partial charge in [-0.3, -0.25) is 4.57 Å². The summed E-state index contributed by atoms with van der Waals surface area (Å²) in [7, 11) is 0. The lowest BCUT2D eigenvalue weighted by Gasteiger charge is -2.24. The van der Waals surface area contributed by atoms with Crippen LogP contribution in [-0.2, 0) is 0 Å². The van der Waals surface area contributed by atoms with Crippen LogP contribution in [0.4, 0.5) is 4.39 Å². The van der Waals surface area contributed by atoms with Crippen LogP contribution in [0.15, 0.2) is 121 Å². The Morgan fingerprint density at radius 1 is 0.617 bits per heavy atom. The van der Waals surface area contributed by atoms with Crippen LogP contribution >= 0.6 is 11.3 Å². The molecule has 0 aliphatic carbocycles. The fourth-order valence-electron chi connectivity index (χ4n) is 6.69. The predicted molar refractivity (Wildman–Crippen MR) is 196 cm³/mol. The van der Waals surface area contributed by atoms with Crippen LogP contribution in [0.3, 0.4) is 0 Å². The molecule has 0 amide bonds. The van der Waals surface area contributed by atoms with Gasteiger partial charge in [0.2, 0.25) is 0 Å². The summed E-state index contributed by atoms with van der Waals surface area (Å²) in [5.41, 5.74) is 11.1. The Labute approximate surface area is 278 Å². The first kappa shape index (κ1) is 29.3. The zero-order valence-electron chi connectivity index (χ0n) is 26.8. The number of rotatable bonds is 6. The molecule has 0 saturated heterocycles. The molecule has 8 aromatic rings. The van der Waals surface area contributed by atoms with Crippen LogP contribution in [-0.4, -0.2) is 14.5 Å². The molecule has 0 spiro atoms. The first-order valence-electron chi connectivity index (χ1n) is 16.2. The molecule has 0 fully saturated rings. The van der Waals surface area contributed by atoms with Gasteiger partial charge in [-0.1, -0.05) is 82.3 Å². The summed E-state index contributed by atoms with van der Waals surface area (Å²) in [6.45, 7) is 9.14. The molecule has 0 radical (unpaired) electrons. The summed E-state index contributed by atoms with van der Waals surface area (Å²) in [6.07, 6.45) is 0. The summed E-state index contributed by atoms with van der Waals surface area (Å²) in [5.74, 6) is 1.25. The topological polar surface area (TPSA) is 30.7 Å². The van der Waals surface area contributed by atoms with E-state index < -0.39 is 0 Å². The molecule has 0 bridgehead atoms. The molecule has 3 aromatic heterocycles. The van der Waals surface area contributed by atoms with Gasteiger partial charge in [0.25, 0.3) is 0 Å². The van der Waals surface area contributed by atoms with Gasteiger partial charge in [-0.05, 0) is 101 Å². The van der Waals surface area contributed by atoms with Crippen molar-refractivity contribution in [3.63, 3.8) is 0 Å². The number of halogens is 1. The SMILES string of the molecule is CC(C)c1cc(-c2ccccc2)cc(C(C)C)c1-n1c(-c2cccc3c2sc2nc(-c4ccc(F)cc4)ccc23)nc2ccccc21. The van der Waals surface area contributed by atoms with Gasteiger partial charge in [0.1, 0.15) is 16.5 Å². The first-order chi connectivity index (χ1) is 22.9. The molecule has 5 aromatic carbocycles. The summed E-state index contributed by atoms with van der Waals surface area (Å²) < 4.78 is 17.2. The quantitative estimate of drug-likeness (QED) is 0.183. The molecule has 0 aliphatic heterocycles. The number of hydrogen-bond acceptors (Lipinski definition) is 3. The van der Waals surface area contributed by atoms with Crippen molar-refractivity contribution in [2.75, 3.05) is 0 Å². The second-order valence-electron chi connectivity index (χ2n) is 12.8. The molecule has 47 heavy (non-hydrogen) atoms. The Morgan fingerprint density at radius 3 is 2.04 bits per heavy atom. The number of aromatic nitrogens is 3. The zero-order chi connectivity index (χ0) is 32.2. The molecule has 0 saturated carbocycles. The Balaban J connectivity index is 1.40. The lowest BCUT2D eigenvalue weighted by Crippen LogP contribution is -2.09. The summed E-state index contributed by atoms with van der Waals surface area (Å²) in [4.78, 5) is 11.4. The van der Waals surface area contributed by atoms with E-state index in [2.05, 4.69) is 123 Å².